The summed E-state index contributed by atoms with van der Waals surface area (Å²) >= 11 is 0. The van der Waals surface area contributed by atoms with Crippen molar-refractivity contribution in [3.63, 3.8) is 0 Å². The molecular weight excluding hydrogens is 1010 g/mol. The summed E-state index contributed by atoms with van der Waals surface area (Å²) in [5.74, 6) is 0.551. The summed E-state index contributed by atoms with van der Waals surface area (Å²) in [5, 5.41) is 13.8. The highest BCUT2D eigenvalue weighted by Gasteiger charge is 2.29. The molecule has 0 saturated carbocycles. The topological polar surface area (TPSA) is 6.48 Å². The fourth-order valence-corrected chi connectivity index (χ4v) is 16.4. The lowest BCUT2D eigenvalue weighted by Gasteiger charge is -2.33. The van der Waals surface area contributed by atoms with Crippen molar-refractivity contribution in [2.45, 2.75) is 132 Å². The molecule has 0 fully saturated rings. The first-order chi connectivity index (χ1) is 36.7. The normalized spacial score (nSPS) is 12.7. The van der Waals surface area contributed by atoms with Crippen LogP contribution in [0.1, 0.15) is 61.8 Å². The second-order valence-electron chi connectivity index (χ2n) is 27.3. The van der Waals surface area contributed by atoms with Gasteiger partial charge in [-0.3, -0.25) is 0 Å². The van der Waals surface area contributed by atoms with E-state index in [1.807, 2.05) is 0 Å². The van der Waals surface area contributed by atoms with E-state index in [2.05, 4.69) is 300 Å². The monoisotopic (exact) mass is 1090 g/mol. The molecular formula is C72H84N2Si4. The van der Waals surface area contributed by atoms with Crippen LogP contribution in [0.15, 0.2) is 170 Å². The number of anilines is 6. The lowest BCUT2D eigenvalue weighted by Crippen LogP contribution is -2.37. The highest BCUT2D eigenvalue weighted by molar-refractivity contribution is 6.90. The van der Waals surface area contributed by atoms with Crippen molar-refractivity contribution in [2.24, 2.45) is 0 Å². The van der Waals surface area contributed by atoms with Crippen molar-refractivity contribution in [2.75, 3.05) is 9.80 Å². The Labute approximate surface area is 472 Å². The first-order valence-corrected chi connectivity index (χ1v) is 42.7. The molecule has 0 aliphatic rings. The van der Waals surface area contributed by atoms with Gasteiger partial charge < -0.3 is 9.80 Å². The van der Waals surface area contributed by atoms with Crippen LogP contribution in [0.4, 0.5) is 34.1 Å². The summed E-state index contributed by atoms with van der Waals surface area (Å²) in [6.07, 6.45) is 0. The zero-order valence-corrected chi connectivity index (χ0v) is 54.2. The standard InChI is InChI=1S/C72H84N2Si4/c1-47(2)65-45-69(73(55-27-35-59(36-28-55)77(13,14)15)67-43-53(21-19-49(67)5)51-23-31-57(32-24-51)75(7,8)9)63-42-40-62-66(48(3)4)46-70(64-41-39-61(65)71(63)72(62)64)74(56-29-37-60(38-30-56)78(16,17)18)68-44-54(22-20-50(68)6)52-25-33-58(34-26-52)76(10,11)12/h19-48H,1-18H3. The molecule has 0 atom stereocenters. The summed E-state index contributed by atoms with van der Waals surface area (Å²) < 4.78 is 0. The number of hydrogen-bond donors (Lipinski definition) is 0. The van der Waals surface area contributed by atoms with Gasteiger partial charge >= 0.3 is 0 Å². The summed E-state index contributed by atoms with van der Waals surface area (Å²) in [6, 6.07) is 67.2. The number of hydrogen-bond acceptors (Lipinski definition) is 2. The van der Waals surface area contributed by atoms with E-state index in [0.717, 1.165) is 0 Å². The Hall–Kier alpha value is -6.29. The van der Waals surface area contributed by atoms with Crippen molar-refractivity contribution < 1.29 is 0 Å². The maximum absolute atomic E-state index is 2.60. The van der Waals surface area contributed by atoms with E-state index in [1.165, 1.54) is 132 Å². The third-order valence-electron chi connectivity index (χ3n) is 16.7. The van der Waals surface area contributed by atoms with E-state index in [-0.39, 0.29) is 11.8 Å². The van der Waals surface area contributed by atoms with Crippen molar-refractivity contribution in [3.8, 4) is 22.3 Å². The largest absolute Gasteiger partial charge is 0.310 e. The third kappa shape index (κ3) is 10.4. The summed E-state index contributed by atoms with van der Waals surface area (Å²) in [5.41, 5.74) is 17.4. The number of aryl methyl sites for hydroxylation is 2. The zero-order chi connectivity index (χ0) is 56.0. The quantitative estimate of drug-likeness (QED) is 0.0791. The minimum Gasteiger partial charge on any atom is -0.310 e. The van der Waals surface area contributed by atoms with E-state index >= 15 is 0 Å². The molecule has 0 spiro atoms. The molecule has 0 radical (unpaired) electrons. The Balaban J connectivity index is 1.28. The van der Waals surface area contributed by atoms with Crippen LogP contribution in [0, 0.1) is 13.8 Å². The molecule has 0 aromatic heterocycles. The SMILES string of the molecule is Cc1ccc(-c2ccc([Si](C)(C)C)cc2)cc1N(c1ccc([Si](C)(C)C)cc1)c1cc(C(C)C)c2ccc3c(N(c4ccc([Si](C)(C)C)cc4)c4cc(-c5ccc([Si](C)(C)C)cc5)ccc4C)cc(C(C)C)c4ccc1c2c43. The van der Waals surface area contributed by atoms with Crippen LogP contribution in [0.5, 0.6) is 0 Å². The molecule has 0 N–H and O–H groups in total. The fourth-order valence-electron chi connectivity index (χ4n) is 11.8. The Bertz CT molecular complexity index is 3570. The Kier molecular flexibility index (Phi) is 14.4. The second-order valence-corrected chi connectivity index (χ2v) is 47.6. The molecule has 10 aromatic rings. The highest BCUT2D eigenvalue weighted by atomic mass is 28.3. The lowest BCUT2D eigenvalue weighted by molar-refractivity contribution is 0.875. The summed E-state index contributed by atoms with van der Waals surface area (Å²) in [4.78, 5) is 5.20. The van der Waals surface area contributed by atoms with Crippen LogP contribution in [-0.4, -0.2) is 32.3 Å². The summed E-state index contributed by atoms with van der Waals surface area (Å²) in [6.45, 7) is 43.4. The van der Waals surface area contributed by atoms with E-state index < -0.39 is 32.3 Å². The van der Waals surface area contributed by atoms with Gasteiger partial charge in [-0.25, -0.2) is 0 Å². The smallest absolute Gasteiger partial charge is 0.0775 e. The van der Waals surface area contributed by atoms with E-state index in [0.29, 0.717) is 0 Å². The van der Waals surface area contributed by atoms with Crippen LogP contribution < -0.4 is 30.5 Å². The van der Waals surface area contributed by atoms with Crippen molar-refractivity contribution in [1.29, 1.82) is 0 Å². The van der Waals surface area contributed by atoms with Crippen LogP contribution in [0.3, 0.4) is 0 Å². The predicted octanol–water partition coefficient (Wildman–Crippen LogP) is 19.9. The van der Waals surface area contributed by atoms with Crippen LogP contribution in [0.2, 0.25) is 78.6 Å². The van der Waals surface area contributed by atoms with Gasteiger partial charge in [0.1, 0.15) is 0 Å². The van der Waals surface area contributed by atoms with E-state index in [4.69, 9.17) is 0 Å². The third-order valence-corrected chi connectivity index (χ3v) is 25.0. The first-order valence-electron chi connectivity index (χ1n) is 28.7. The Morgan fingerprint density at radius 3 is 0.833 bits per heavy atom. The van der Waals surface area contributed by atoms with Crippen molar-refractivity contribution in [1.82, 2.24) is 0 Å². The molecule has 0 aliphatic carbocycles. The van der Waals surface area contributed by atoms with E-state index in [1.54, 1.807) is 0 Å². The molecule has 2 nitrogen and oxygen atoms in total. The number of rotatable bonds is 14. The van der Waals surface area contributed by atoms with Gasteiger partial charge in [0.25, 0.3) is 0 Å². The van der Waals surface area contributed by atoms with Gasteiger partial charge in [0.15, 0.2) is 0 Å². The molecule has 398 valence electrons. The molecule has 0 amide bonds. The van der Waals surface area contributed by atoms with Gasteiger partial charge in [-0.15, -0.1) is 0 Å². The lowest BCUT2D eigenvalue weighted by atomic mass is 9.84. The first kappa shape index (κ1) is 55.0. The molecule has 6 heteroatoms. The van der Waals surface area contributed by atoms with Crippen molar-refractivity contribution in [3.05, 3.63) is 192 Å². The molecule has 10 aromatic carbocycles. The maximum Gasteiger partial charge on any atom is 0.0775 e. The number of benzene rings is 10. The Morgan fingerprint density at radius 1 is 0.282 bits per heavy atom. The van der Waals surface area contributed by atoms with Gasteiger partial charge in [0.05, 0.1) is 43.7 Å². The molecule has 0 heterocycles. The fraction of sp³-hybridized carbons (Fsp3) is 0.278. The average molecular weight is 1090 g/mol. The molecule has 0 aliphatic heterocycles. The molecule has 78 heavy (non-hydrogen) atoms. The van der Waals surface area contributed by atoms with Crippen LogP contribution in [-0.2, 0) is 0 Å². The van der Waals surface area contributed by atoms with Gasteiger partial charge in [0.2, 0.25) is 0 Å². The minimum atomic E-state index is -1.58. The predicted molar refractivity (Wildman–Crippen MR) is 360 cm³/mol. The maximum atomic E-state index is 2.60. The van der Waals surface area contributed by atoms with E-state index in [9.17, 15) is 0 Å². The number of nitrogens with zero attached hydrogens (tertiary/aromatic N) is 2. The van der Waals surface area contributed by atoms with Crippen LogP contribution in [0.25, 0.3) is 54.6 Å². The minimum absolute atomic E-state index is 0.275. The summed E-state index contributed by atoms with van der Waals surface area (Å²) in [7, 11) is -6.10. The zero-order valence-electron chi connectivity index (χ0n) is 50.2. The van der Waals surface area contributed by atoms with Gasteiger partial charge in [0, 0.05) is 33.5 Å². The van der Waals surface area contributed by atoms with Gasteiger partial charge in [-0.05, 0) is 140 Å². The molecule has 0 unspecified atom stereocenters. The molecule has 10 rings (SSSR count). The molecule has 0 bridgehead atoms. The van der Waals surface area contributed by atoms with Gasteiger partial charge in [-0.1, -0.05) is 248 Å². The average Bonchev–Trinajstić information content (AvgIpc) is 3.59. The molecule has 0 saturated heterocycles. The van der Waals surface area contributed by atoms with Crippen molar-refractivity contribution >= 4 is 119 Å². The Morgan fingerprint density at radius 2 is 0.551 bits per heavy atom. The highest BCUT2D eigenvalue weighted by Crippen LogP contribution is 2.52. The second kappa shape index (κ2) is 20.4. The van der Waals surface area contributed by atoms with Crippen LogP contribution >= 0.6 is 0 Å². The van der Waals surface area contributed by atoms with Gasteiger partial charge in [-0.2, -0.15) is 0 Å².